The van der Waals surface area contributed by atoms with E-state index in [1.165, 1.54) is 25.4 Å². The van der Waals surface area contributed by atoms with E-state index in [-0.39, 0.29) is 26.9 Å². The number of nitrogens with zero attached hydrogens (tertiary/aromatic N) is 2. The van der Waals surface area contributed by atoms with Crippen LogP contribution in [0.4, 0.5) is 14.5 Å². The molecule has 0 aliphatic carbocycles. The van der Waals surface area contributed by atoms with Crippen LogP contribution in [0.1, 0.15) is 0 Å². The number of aromatic nitrogens is 3. The van der Waals surface area contributed by atoms with Crippen LogP contribution >= 0.6 is 11.6 Å². The number of halogens is 3. The largest absolute Gasteiger partial charge is 0.480 e. The van der Waals surface area contributed by atoms with Gasteiger partial charge < -0.3 is 4.74 Å². The molecule has 0 amide bonds. The summed E-state index contributed by atoms with van der Waals surface area (Å²) in [4.78, 5) is 3.41. The third kappa shape index (κ3) is 3.55. The van der Waals surface area contributed by atoms with Crippen LogP contribution in [0, 0.1) is 11.6 Å². The standard InChI is InChI=1S/C19H13ClF2N4O3S/c1-29-19-16(7-12(20)9-23-19)30(27,28)26-14-5-4-13(21)17(18(14)22)10-2-3-11-8-24-25-15(11)6-10/h2-9,26H,1H3,(H,24,25). The zero-order valence-corrected chi connectivity index (χ0v) is 16.9. The zero-order valence-electron chi connectivity index (χ0n) is 15.3. The fraction of sp³-hybridized carbons (Fsp3) is 0.0526. The summed E-state index contributed by atoms with van der Waals surface area (Å²) < 4.78 is 62.3. The second-order valence-electron chi connectivity index (χ2n) is 6.22. The highest BCUT2D eigenvalue weighted by Gasteiger charge is 2.25. The summed E-state index contributed by atoms with van der Waals surface area (Å²) in [5.41, 5.74) is -0.0437. The van der Waals surface area contributed by atoms with Gasteiger partial charge in [0.25, 0.3) is 10.0 Å². The Balaban J connectivity index is 1.79. The molecule has 2 aromatic heterocycles. The van der Waals surface area contributed by atoms with Gasteiger partial charge in [-0.25, -0.2) is 22.2 Å². The number of rotatable bonds is 5. The van der Waals surface area contributed by atoms with Crippen LogP contribution in [0.25, 0.3) is 22.0 Å². The van der Waals surface area contributed by atoms with Crippen molar-refractivity contribution in [3.63, 3.8) is 0 Å². The number of anilines is 1. The van der Waals surface area contributed by atoms with E-state index >= 15 is 4.39 Å². The molecule has 0 fully saturated rings. The summed E-state index contributed by atoms with van der Waals surface area (Å²) in [6, 6.07) is 7.76. The monoisotopic (exact) mass is 450 g/mol. The van der Waals surface area contributed by atoms with E-state index in [4.69, 9.17) is 16.3 Å². The minimum atomic E-state index is -4.34. The first-order valence-electron chi connectivity index (χ1n) is 8.44. The number of aromatic amines is 1. The van der Waals surface area contributed by atoms with Crippen molar-refractivity contribution in [2.75, 3.05) is 11.8 Å². The van der Waals surface area contributed by atoms with E-state index in [9.17, 15) is 12.8 Å². The number of nitrogens with one attached hydrogen (secondary N) is 2. The average molecular weight is 451 g/mol. The second kappa shape index (κ2) is 7.54. The summed E-state index contributed by atoms with van der Waals surface area (Å²) >= 11 is 5.84. The molecule has 2 N–H and O–H groups in total. The molecule has 11 heteroatoms. The number of hydrogen-bond donors (Lipinski definition) is 2. The Morgan fingerprint density at radius 3 is 2.70 bits per heavy atom. The molecule has 0 aliphatic heterocycles. The summed E-state index contributed by atoms with van der Waals surface area (Å²) in [5, 5.41) is 7.40. The number of hydrogen-bond acceptors (Lipinski definition) is 5. The Morgan fingerprint density at radius 1 is 1.13 bits per heavy atom. The summed E-state index contributed by atoms with van der Waals surface area (Å²) in [5.74, 6) is -2.15. The number of pyridine rings is 1. The van der Waals surface area contributed by atoms with Gasteiger partial charge in [0, 0.05) is 11.6 Å². The third-order valence-electron chi connectivity index (χ3n) is 4.33. The van der Waals surface area contributed by atoms with E-state index in [1.807, 2.05) is 0 Å². The van der Waals surface area contributed by atoms with Crippen LogP contribution in [0.3, 0.4) is 0 Å². The van der Waals surface area contributed by atoms with Crippen LogP contribution in [0.15, 0.2) is 53.7 Å². The van der Waals surface area contributed by atoms with Gasteiger partial charge in [0.15, 0.2) is 10.7 Å². The first kappa shape index (κ1) is 20.0. The van der Waals surface area contributed by atoms with Crippen molar-refractivity contribution in [2.24, 2.45) is 0 Å². The van der Waals surface area contributed by atoms with Crippen LogP contribution in [0.2, 0.25) is 5.02 Å². The van der Waals surface area contributed by atoms with Gasteiger partial charge in [0.1, 0.15) is 5.82 Å². The van der Waals surface area contributed by atoms with Gasteiger partial charge in [-0.1, -0.05) is 23.7 Å². The first-order valence-corrected chi connectivity index (χ1v) is 10.3. The lowest BCUT2D eigenvalue weighted by Crippen LogP contribution is -2.16. The lowest BCUT2D eigenvalue weighted by Gasteiger charge is -2.14. The van der Waals surface area contributed by atoms with Gasteiger partial charge in [-0.05, 0) is 29.8 Å². The van der Waals surface area contributed by atoms with Gasteiger partial charge in [-0.2, -0.15) is 5.10 Å². The maximum atomic E-state index is 15.2. The molecule has 154 valence electrons. The van der Waals surface area contributed by atoms with Crippen molar-refractivity contribution < 1.29 is 21.9 Å². The first-order chi connectivity index (χ1) is 14.3. The van der Waals surface area contributed by atoms with E-state index in [0.29, 0.717) is 5.52 Å². The molecule has 2 heterocycles. The number of ether oxygens (including phenoxy) is 1. The predicted octanol–water partition coefficient (Wildman–Crippen LogP) is 4.37. The Hall–Kier alpha value is -3.24. The van der Waals surface area contributed by atoms with Crippen LogP contribution < -0.4 is 9.46 Å². The third-order valence-corrected chi connectivity index (χ3v) is 5.90. The molecule has 0 atom stereocenters. The molecular formula is C19H13ClF2N4O3S. The van der Waals surface area contributed by atoms with Crippen molar-refractivity contribution in [3.05, 3.63) is 65.4 Å². The lowest BCUT2D eigenvalue weighted by molar-refractivity contribution is 0.385. The molecule has 30 heavy (non-hydrogen) atoms. The summed E-state index contributed by atoms with van der Waals surface area (Å²) in [6.07, 6.45) is 2.78. The molecule has 0 saturated heterocycles. The average Bonchev–Trinajstić information content (AvgIpc) is 3.18. The fourth-order valence-electron chi connectivity index (χ4n) is 2.94. The van der Waals surface area contributed by atoms with Crippen molar-refractivity contribution in [2.45, 2.75) is 4.90 Å². The molecule has 4 rings (SSSR count). The van der Waals surface area contributed by atoms with Gasteiger partial charge in [0.05, 0.1) is 35.1 Å². The SMILES string of the molecule is COc1ncc(Cl)cc1S(=O)(=O)Nc1ccc(F)c(-c2ccc3cn[nH]c3c2)c1F. The molecule has 4 aromatic rings. The quantitative estimate of drug-likeness (QED) is 0.470. The number of benzene rings is 2. The summed E-state index contributed by atoms with van der Waals surface area (Å²) in [7, 11) is -3.11. The number of methoxy groups -OCH3 is 1. The van der Waals surface area contributed by atoms with Crippen molar-refractivity contribution in [1.29, 1.82) is 0 Å². The minimum absolute atomic E-state index is 0.0456. The smallest absolute Gasteiger partial charge is 0.267 e. The molecule has 0 bridgehead atoms. The fourth-order valence-corrected chi connectivity index (χ4v) is 4.37. The molecule has 2 aromatic carbocycles. The topological polar surface area (TPSA) is 97.0 Å². The van der Waals surface area contributed by atoms with Crippen LogP contribution in [-0.2, 0) is 10.0 Å². The Morgan fingerprint density at radius 2 is 1.93 bits per heavy atom. The van der Waals surface area contributed by atoms with Gasteiger partial charge in [-0.3, -0.25) is 9.82 Å². The molecule has 0 saturated carbocycles. The number of fused-ring (bicyclic) bond motifs is 1. The minimum Gasteiger partial charge on any atom is -0.480 e. The summed E-state index contributed by atoms with van der Waals surface area (Å²) in [6.45, 7) is 0. The Bertz CT molecular complexity index is 1380. The second-order valence-corrected chi connectivity index (χ2v) is 8.31. The van der Waals surface area contributed by atoms with Crippen molar-refractivity contribution in [1.82, 2.24) is 15.2 Å². The van der Waals surface area contributed by atoms with Gasteiger partial charge >= 0.3 is 0 Å². The highest BCUT2D eigenvalue weighted by Crippen LogP contribution is 2.34. The highest BCUT2D eigenvalue weighted by molar-refractivity contribution is 7.92. The maximum absolute atomic E-state index is 15.2. The van der Waals surface area contributed by atoms with Gasteiger partial charge in [0.2, 0.25) is 5.88 Å². The molecule has 7 nitrogen and oxygen atoms in total. The van der Waals surface area contributed by atoms with Crippen molar-refractivity contribution in [3.8, 4) is 17.0 Å². The highest BCUT2D eigenvalue weighted by atomic mass is 35.5. The van der Waals surface area contributed by atoms with Crippen molar-refractivity contribution >= 4 is 38.2 Å². The Kier molecular flexibility index (Phi) is 5.04. The molecular weight excluding hydrogens is 438 g/mol. The molecule has 0 unspecified atom stereocenters. The lowest BCUT2D eigenvalue weighted by atomic mass is 10.0. The maximum Gasteiger partial charge on any atom is 0.267 e. The predicted molar refractivity (Wildman–Crippen MR) is 108 cm³/mol. The van der Waals surface area contributed by atoms with Crippen LogP contribution in [0.5, 0.6) is 5.88 Å². The molecule has 0 radical (unpaired) electrons. The zero-order chi connectivity index (χ0) is 21.5. The Labute approximate surface area is 174 Å². The van der Waals surface area contributed by atoms with E-state index in [2.05, 4.69) is 19.9 Å². The van der Waals surface area contributed by atoms with E-state index in [1.54, 1.807) is 12.3 Å². The van der Waals surface area contributed by atoms with E-state index in [0.717, 1.165) is 23.6 Å². The molecule has 0 spiro atoms. The number of H-pyrrole nitrogens is 1. The van der Waals surface area contributed by atoms with Crippen LogP contribution in [-0.4, -0.2) is 30.7 Å². The number of sulfonamides is 1. The van der Waals surface area contributed by atoms with E-state index < -0.39 is 27.3 Å². The van der Waals surface area contributed by atoms with Gasteiger partial charge in [-0.15, -0.1) is 0 Å². The normalized spacial score (nSPS) is 11.6. The molecule has 0 aliphatic rings.